The summed E-state index contributed by atoms with van der Waals surface area (Å²) < 4.78 is 0. The first-order valence-electron chi connectivity index (χ1n) is 6.98. The fourth-order valence-corrected chi connectivity index (χ4v) is 2.94. The topological polar surface area (TPSA) is 23.5 Å². The van der Waals surface area contributed by atoms with Crippen molar-refractivity contribution in [2.45, 2.75) is 65.3 Å². The summed E-state index contributed by atoms with van der Waals surface area (Å²) in [5.74, 6) is 0. The molecule has 0 aromatic heterocycles. The maximum absolute atomic E-state index is 9.77. The van der Waals surface area contributed by atoms with Crippen LogP contribution >= 0.6 is 0 Å². The summed E-state index contributed by atoms with van der Waals surface area (Å²) in [7, 11) is 0. The largest absolute Gasteiger partial charge is 0.396 e. The molecule has 0 aromatic carbocycles. The molecule has 0 unspecified atom stereocenters. The van der Waals surface area contributed by atoms with Gasteiger partial charge in [-0.3, -0.25) is 0 Å². The van der Waals surface area contributed by atoms with E-state index in [1.54, 1.807) is 0 Å². The van der Waals surface area contributed by atoms with E-state index in [0.29, 0.717) is 12.6 Å². The predicted molar refractivity (Wildman–Crippen MR) is 69.6 cm³/mol. The van der Waals surface area contributed by atoms with E-state index in [9.17, 15) is 5.11 Å². The van der Waals surface area contributed by atoms with Crippen molar-refractivity contribution in [3.63, 3.8) is 0 Å². The van der Waals surface area contributed by atoms with Crippen molar-refractivity contribution in [1.82, 2.24) is 4.90 Å². The highest BCUT2D eigenvalue weighted by Gasteiger charge is 2.32. The van der Waals surface area contributed by atoms with Gasteiger partial charge in [0.1, 0.15) is 0 Å². The van der Waals surface area contributed by atoms with E-state index < -0.39 is 0 Å². The van der Waals surface area contributed by atoms with Gasteiger partial charge in [0.15, 0.2) is 0 Å². The summed E-state index contributed by atoms with van der Waals surface area (Å²) in [4.78, 5) is 2.50. The molecular weight excluding hydrogens is 198 g/mol. The second-order valence-electron chi connectivity index (χ2n) is 5.73. The van der Waals surface area contributed by atoms with Crippen LogP contribution in [-0.2, 0) is 0 Å². The molecule has 0 spiro atoms. The van der Waals surface area contributed by atoms with Crippen molar-refractivity contribution in [3.05, 3.63) is 0 Å². The van der Waals surface area contributed by atoms with Gasteiger partial charge in [-0.1, -0.05) is 32.6 Å². The Hall–Kier alpha value is -0.0800. The van der Waals surface area contributed by atoms with Gasteiger partial charge in [-0.05, 0) is 33.2 Å². The summed E-state index contributed by atoms with van der Waals surface area (Å²) in [6.07, 6.45) is 7.75. The zero-order valence-electron chi connectivity index (χ0n) is 11.3. The molecule has 0 heterocycles. The number of aliphatic hydroxyl groups is 1. The number of hydrogen-bond donors (Lipinski definition) is 1. The van der Waals surface area contributed by atoms with Crippen LogP contribution in [0.5, 0.6) is 0 Å². The normalized spacial score (nSPS) is 21.4. The molecule has 0 atom stereocenters. The summed E-state index contributed by atoms with van der Waals surface area (Å²) in [5, 5.41) is 9.77. The molecule has 16 heavy (non-hydrogen) atoms. The van der Waals surface area contributed by atoms with Crippen LogP contribution in [0.4, 0.5) is 0 Å². The molecule has 0 saturated heterocycles. The van der Waals surface area contributed by atoms with Crippen LogP contribution in [0, 0.1) is 5.41 Å². The van der Waals surface area contributed by atoms with E-state index in [1.165, 1.54) is 38.5 Å². The Labute approximate surface area is 101 Å². The molecule has 1 fully saturated rings. The Balaban J connectivity index is 2.62. The molecule has 1 rings (SSSR count). The van der Waals surface area contributed by atoms with E-state index in [2.05, 4.69) is 25.7 Å². The third kappa shape index (κ3) is 3.74. The highest BCUT2D eigenvalue weighted by atomic mass is 16.3. The van der Waals surface area contributed by atoms with Crippen LogP contribution in [0.1, 0.15) is 59.3 Å². The van der Waals surface area contributed by atoms with Gasteiger partial charge in [0.05, 0.1) is 0 Å². The zero-order chi connectivity index (χ0) is 12.0. The Kier molecular flexibility index (Phi) is 5.77. The zero-order valence-corrected chi connectivity index (χ0v) is 11.3. The van der Waals surface area contributed by atoms with Crippen molar-refractivity contribution in [2.24, 2.45) is 5.41 Å². The lowest BCUT2D eigenvalue weighted by Crippen LogP contribution is -2.43. The first-order valence-corrected chi connectivity index (χ1v) is 6.98. The Bertz CT molecular complexity index is 183. The molecule has 1 aliphatic carbocycles. The maximum atomic E-state index is 9.77. The number of hydrogen-bond acceptors (Lipinski definition) is 2. The minimum Gasteiger partial charge on any atom is -0.396 e. The molecule has 0 amide bonds. The Morgan fingerprint density at radius 1 is 1.12 bits per heavy atom. The molecule has 1 aliphatic rings. The van der Waals surface area contributed by atoms with E-state index in [1.807, 2.05) is 0 Å². The number of nitrogens with zero attached hydrogens (tertiary/aromatic N) is 1. The molecule has 1 N–H and O–H groups in total. The molecular formula is C14H29NO. The van der Waals surface area contributed by atoms with Gasteiger partial charge in [0, 0.05) is 24.6 Å². The van der Waals surface area contributed by atoms with E-state index in [4.69, 9.17) is 0 Å². The summed E-state index contributed by atoms with van der Waals surface area (Å²) >= 11 is 0. The first-order chi connectivity index (χ1) is 7.63. The van der Waals surface area contributed by atoms with Crippen molar-refractivity contribution < 1.29 is 5.11 Å². The van der Waals surface area contributed by atoms with E-state index in [0.717, 1.165) is 13.1 Å². The lowest BCUT2D eigenvalue weighted by atomic mass is 9.80. The molecule has 1 saturated carbocycles. The summed E-state index contributed by atoms with van der Waals surface area (Å²) in [6, 6.07) is 0.594. The average molecular weight is 227 g/mol. The molecule has 0 radical (unpaired) electrons. The smallest absolute Gasteiger partial charge is 0.0499 e. The van der Waals surface area contributed by atoms with Crippen LogP contribution in [0.2, 0.25) is 0 Å². The molecule has 0 aromatic rings. The van der Waals surface area contributed by atoms with Gasteiger partial charge >= 0.3 is 0 Å². The summed E-state index contributed by atoms with van der Waals surface area (Å²) in [6.45, 7) is 9.28. The third-order valence-electron chi connectivity index (χ3n) is 4.17. The van der Waals surface area contributed by atoms with Gasteiger partial charge in [-0.25, -0.2) is 0 Å². The molecule has 0 aliphatic heterocycles. The van der Waals surface area contributed by atoms with Crippen LogP contribution in [0.3, 0.4) is 0 Å². The molecule has 2 heteroatoms. The fourth-order valence-electron chi connectivity index (χ4n) is 2.94. The quantitative estimate of drug-likeness (QED) is 0.730. The Morgan fingerprint density at radius 3 is 2.06 bits per heavy atom. The highest BCUT2D eigenvalue weighted by Crippen LogP contribution is 2.35. The third-order valence-corrected chi connectivity index (χ3v) is 4.17. The monoisotopic (exact) mass is 227 g/mol. The second-order valence-corrected chi connectivity index (χ2v) is 5.73. The Morgan fingerprint density at radius 2 is 1.69 bits per heavy atom. The number of rotatable bonds is 5. The second kappa shape index (κ2) is 6.61. The van der Waals surface area contributed by atoms with Gasteiger partial charge < -0.3 is 10.0 Å². The van der Waals surface area contributed by atoms with Crippen LogP contribution in [0.25, 0.3) is 0 Å². The van der Waals surface area contributed by atoms with Gasteiger partial charge in [0.2, 0.25) is 0 Å². The van der Waals surface area contributed by atoms with Crippen molar-refractivity contribution in [2.75, 3.05) is 19.7 Å². The average Bonchev–Trinajstić information content (AvgIpc) is 2.51. The van der Waals surface area contributed by atoms with Crippen LogP contribution in [-0.4, -0.2) is 35.7 Å². The van der Waals surface area contributed by atoms with E-state index in [-0.39, 0.29) is 5.41 Å². The van der Waals surface area contributed by atoms with Crippen LogP contribution in [0.15, 0.2) is 0 Å². The first kappa shape index (κ1) is 14.0. The standard InChI is InChI=1S/C14H29NO/c1-4-15(13(2)3)11-14(12-16)9-7-5-6-8-10-14/h13,16H,4-12H2,1-3H3. The molecule has 0 bridgehead atoms. The lowest BCUT2D eigenvalue weighted by Gasteiger charge is -2.38. The van der Waals surface area contributed by atoms with E-state index >= 15 is 0 Å². The van der Waals surface area contributed by atoms with Gasteiger partial charge in [-0.2, -0.15) is 0 Å². The van der Waals surface area contributed by atoms with Gasteiger partial charge in [0.25, 0.3) is 0 Å². The minimum atomic E-state index is 0.191. The van der Waals surface area contributed by atoms with Crippen molar-refractivity contribution in [3.8, 4) is 0 Å². The van der Waals surface area contributed by atoms with Crippen molar-refractivity contribution >= 4 is 0 Å². The highest BCUT2D eigenvalue weighted by molar-refractivity contribution is 4.85. The number of aliphatic hydroxyl groups excluding tert-OH is 1. The maximum Gasteiger partial charge on any atom is 0.0499 e. The lowest BCUT2D eigenvalue weighted by molar-refractivity contribution is 0.0497. The van der Waals surface area contributed by atoms with Crippen LogP contribution < -0.4 is 0 Å². The SMILES string of the molecule is CCN(CC1(CO)CCCCCC1)C(C)C. The van der Waals surface area contributed by atoms with Crippen molar-refractivity contribution in [1.29, 1.82) is 0 Å². The minimum absolute atomic E-state index is 0.191. The fraction of sp³-hybridized carbons (Fsp3) is 1.00. The predicted octanol–water partition coefficient (Wildman–Crippen LogP) is 3.05. The summed E-state index contributed by atoms with van der Waals surface area (Å²) in [5.41, 5.74) is 0.191. The molecule has 2 nitrogen and oxygen atoms in total. The van der Waals surface area contributed by atoms with Gasteiger partial charge in [-0.15, -0.1) is 0 Å². The molecule has 96 valence electrons.